The third-order valence-corrected chi connectivity index (χ3v) is 3.37. The van der Waals surface area contributed by atoms with E-state index in [4.69, 9.17) is 10.5 Å². The molecule has 0 aromatic heterocycles. The van der Waals surface area contributed by atoms with Gasteiger partial charge < -0.3 is 0 Å². The summed E-state index contributed by atoms with van der Waals surface area (Å²) in [5, 5.41) is 16.8. The van der Waals surface area contributed by atoms with Crippen LogP contribution in [0.4, 0.5) is 0 Å². The van der Waals surface area contributed by atoms with E-state index in [0.717, 1.165) is 0 Å². The molecule has 9 heavy (non-hydrogen) atoms. The van der Waals surface area contributed by atoms with Crippen LogP contribution < -0.4 is 0 Å². The van der Waals surface area contributed by atoms with Crippen molar-refractivity contribution in [2.45, 2.75) is 25.8 Å². The van der Waals surface area contributed by atoms with Gasteiger partial charge in [-0.1, -0.05) is 20.8 Å². The van der Waals surface area contributed by atoms with Gasteiger partial charge in [0.1, 0.15) is 0 Å². The molecule has 0 aliphatic heterocycles. The highest BCUT2D eigenvalue weighted by molar-refractivity contribution is 6.76. The molecule has 0 saturated carbocycles. The second-order valence-corrected chi connectivity index (χ2v) is 6.17. The topological polar surface area (TPSA) is 47.6 Å². The summed E-state index contributed by atoms with van der Waals surface area (Å²) in [5.74, 6) is 0. The Hall–Kier alpha value is -0.803. The smallest absolute Gasteiger partial charge is 0.206 e. The summed E-state index contributed by atoms with van der Waals surface area (Å²) in [6, 6.07) is 0. The summed E-state index contributed by atoms with van der Waals surface area (Å²) in [7, 11) is -1.77. The molecule has 0 unspecified atom stereocenters. The van der Waals surface area contributed by atoms with Crippen LogP contribution in [0.25, 0.3) is 0 Å². The van der Waals surface area contributed by atoms with Crippen LogP contribution >= 0.6 is 0 Å². The van der Waals surface area contributed by atoms with E-state index in [1.165, 1.54) is 0 Å². The Labute approximate surface area is 57.3 Å². The molecule has 0 rings (SSSR count). The molecule has 0 aromatic carbocycles. The van der Waals surface area contributed by atoms with Gasteiger partial charge in [0.25, 0.3) is 8.80 Å². The Balaban J connectivity index is 4.23. The Kier molecular flexibility index (Phi) is 2.42. The molecule has 0 spiro atoms. The van der Waals surface area contributed by atoms with Gasteiger partial charge in [-0.05, 0) is 5.04 Å². The van der Waals surface area contributed by atoms with Crippen LogP contribution in [0.15, 0.2) is 0 Å². The van der Waals surface area contributed by atoms with Gasteiger partial charge in [-0.15, -0.1) is 0 Å². The first kappa shape index (κ1) is 8.20. The molecular formula is C6H10N2Si. The predicted molar refractivity (Wildman–Crippen MR) is 38.1 cm³/mol. The molecule has 0 radical (unpaired) electrons. The fraction of sp³-hybridized carbons (Fsp3) is 0.667. The summed E-state index contributed by atoms with van der Waals surface area (Å²) < 4.78 is 0. The van der Waals surface area contributed by atoms with E-state index in [9.17, 15) is 0 Å². The highest BCUT2D eigenvalue weighted by Crippen LogP contribution is 2.25. The van der Waals surface area contributed by atoms with Crippen LogP contribution in [0, 0.1) is 21.9 Å². The first-order valence-corrected chi connectivity index (χ1v) is 4.55. The van der Waals surface area contributed by atoms with Crippen LogP contribution in [0.5, 0.6) is 0 Å². The summed E-state index contributed by atoms with van der Waals surface area (Å²) in [6.45, 7) is 5.82. The van der Waals surface area contributed by atoms with Gasteiger partial charge in [-0.2, -0.15) is 0 Å². The van der Waals surface area contributed by atoms with Crippen molar-refractivity contribution in [1.82, 2.24) is 0 Å². The second-order valence-electron chi connectivity index (χ2n) is 3.06. The van der Waals surface area contributed by atoms with Crippen LogP contribution in [0.3, 0.4) is 0 Å². The monoisotopic (exact) mass is 138 g/mol. The zero-order chi connectivity index (χ0) is 7.49. The van der Waals surface area contributed by atoms with Crippen LogP contribution in [-0.2, 0) is 0 Å². The fourth-order valence-electron chi connectivity index (χ4n) is 0.416. The van der Waals surface area contributed by atoms with Crippen molar-refractivity contribution in [2.24, 2.45) is 0 Å². The van der Waals surface area contributed by atoms with Crippen molar-refractivity contribution in [2.75, 3.05) is 0 Å². The van der Waals surface area contributed by atoms with Crippen LogP contribution in [0.1, 0.15) is 20.8 Å². The van der Waals surface area contributed by atoms with Gasteiger partial charge in [0, 0.05) is 11.4 Å². The Bertz CT molecular complexity index is 153. The van der Waals surface area contributed by atoms with Crippen molar-refractivity contribution in [1.29, 1.82) is 10.5 Å². The summed E-state index contributed by atoms with van der Waals surface area (Å²) in [5.41, 5.74) is 4.14. The standard InChI is InChI=1S/C6H10N2Si/c1-6(2,3)9(4-7)5-8/h9H,1-3H3. The molecule has 0 heterocycles. The van der Waals surface area contributed by atoms with E-state index in [-0.39, 0.29) is 5.04 Å². The van der Waals surface area contributed by atoms with E-state index in [1.54, 1.807) is 0 Å². The number of rotatable bonds is 0. The van der Waals surface area contributed by atoms with E-state index in [2.05, 4.69) is 11.4 Å². The summed E-state index contributed by atoms with van der Waals surface area (Å²) >= 11 is 0. The first-order chi connectivity index (χ1) is 4.02. The molecule has 3 heteroatoms. The van der Waals surface area contributed by atoms with Gasteiger partial charge in [0.15, 0.2) is 0 Å². The lowest BCUT2D eigenvalue weighted by Gasteiger charge is -2.15. The zero-order valence-corrected chi connectivity index (χ0v) is 7.13. The Morgan fingerprint density at radius 2 is 1.44 bits per heavy atom. The highest BCUT2D eigenvalue weighted by Gasteiger charge is 2.26. The van der Waals surface area contributed by atoms with Crippen LogP contribution in [-0.4, -0.2) is 8.80 Å². The van der Waals surface area contributed by atoms with Crippen molar-refractivity contribution >= 4 is 8.80 Å². The minimum atomic E-state index is -1.77. The molecule has 0 amide bonds. The second kappa shape index (κ2) is 2.66. The maximum atomic E-state index is 8.45. The van der Waals surface area contributed by atoms with E-state index < -0.39 is 8.80 Å². The van der Waals surface area contributed by atoms with Gasteiger partial charge >= 0.3 is 0 Å². The lowest BCUT2D eigenvalue weighted by molar-refractivity contribution is 0.751. The Morgan fingerprint density at radius 3 is 1.44 bits per heavy atom. The molecule has 0 atom stereocenters. The SMILES string of the molecule is CC(C)(C)[SiH](C#N)C#N. The first-order valence-electron chi connectivity index (χ1n) is 2.81. The van der Waals surface area contributed by atoms with E-state index in [1.807, 2.05) is 20.8 Å². The molecule has 0 aliphatic rings. The van der Waals surface area contributed by atoms with E-state index in [0.29, 0.717) is 0 Å². The molecule has 48 valence electrons. The molecule has 0 N–H and O–H groups in total. The lowest BCUT2D eigenvalue weighted by atomic mass is 10.2. The van der Waals surface area contributed by atoms with Gasteiger partial charge in [-0.25, -0.2) is 10.5 Å². The highest BCUT2D eigenvalue weighted by atomic mass is 28.3. The maximum Gasteiger partial charge on any atom is 0.276 e. The third kappa shape index (κ3) is 2.30. The molecule has 0 aliphatic carbocycles. The minimum Gasteiger partial charge on any atom is -0.206 e. The molecule has 2 nitrogen and oxygen atoms in total. The largest absolute Gasteiger partial charge is 0.276 e. The molecular weight excluding hydrogens is 128 g/mol. The quantitative estimate of drug-likeness (QED) is 0.471. The summed E-state index contributed by atoms with van der Waals surface area (Å²) in [4.78, 5) is 0. The van der Waals surface area contributed by atoms with E-state index >= 15 is 0 Å². The lowest BCUT2D eigenvalue weighted by Crippen LogP contribution is -2.21. The van der Waals surface area contributed by atoms with Crippen LogP contribution in [0.2, 0.25) is 5.04 Å². The third-order valence-electron chi connectivity index (χ3n) is 1.12. The maximum absolute atomic E-state index is 8.45. The fourth-order valence-corrected chi connectivity index (χ4v) is 1.25. The zero-order valence-electron chi connectivity index (χ0n) is 5.97. The average Bonchev–Trinajstić information content (AvgIpc) is 1.65. The molecule has 0 bridgehead atoms. The molecule has 0 aromatic rings. The predicted octanol–water partition coefficient (Wildman–Crippen LogP) is 1.14. The normalized spacial score (nSPS) is 10.4. The van der Waals surface area contributed by atoms with Gasteiger partial charge in [-0.3, -0.25) is 0 Å². The van der Waals surface area contributed by atoms with Crippen molar-refractivity contribution in [3.05, 3.63) is 0 Å². The van der Waals surface area contributed by atoms with Crippen molar-refractivity contribution in [3.8, 4) is 11.4 Å². The van der Waals surface area contributed by atoms with Crippen molar-refractivity contribution < 1.29 is 0 Å². The molecule has 0 saturated heterocycles. The number of nitriles is 2. The summed E-state index contributed by atoms with van der Waals surface area (Å²) in [6.07, 6.45) is 0. The number of hydrogen-bond donors (Lipinski definition) is 0. The average molecular weight is 138 g/mol. The van der Waals surface area contributed by atoms with Gasteiger partial charge in [0.05, 0.1) is 0 Å². The minimum absolute atomic E-state index is 0.0660. The Morgan fingerprint density at radius 1 is 1.11 bits per heavy atom. The number of hydrogen-bond acceptors (Lipinski definition) is 2. The number of nitrogens with zero attached hydrogens (tertiary/aromatic N) is 2. The van der Waals surface area contributed by atoms with Crippen molar-refractivity contribution in [3.63, 3.8) is 0 Å². The van der Waals surface area contributed by atoms with Gasteiger partial charge in [0.2, 0.25) is 0 Å². The molecule has 0 fully saturated rings.